The predicted octanol–water partition coefficient (Wildman–Crippen LogP) is -0.0485. The van der Waals surface area contributed by atoms with Crippen molar-refractivity contribution < 1.29 is 5.11 Å². The Balaban J connectivity index is 2.87. The van der Waals surface area contributed by atoms with Crippen molar-refractivity contribution in [2.45, 2.75) is 13.4 Å². The molecule has 0 spiro atoms. The summed E-state index contributed by atoms with van der Waals surface area (Å²) in [5.74, 6) is 0. The largest absolute Gasteiger partial charge is 0.392 e. The molecule has 0 atom stereocenters. The van der Waals surface area contributed by atoms with Gasteiger partial charge in [0.15, 0.2) is 0 Å². The van der Waals surface area contributed by atoms with Crippen LogP contribution in [0.5, 0.6) is 0 Å². The molecule has 0 fully saturated rings. The lowest BCUT2D eigenvalue weighted by molar-refractivity contribution is 0.281. The summed E-state index contributed by atoms with van der Waals surface area (Å²) >= 11 is 0. The van der Waals surface area contributed by atoms with E-state index in [9.17, 15) is 0 Å². The molecule has 10 heavy (non-hydrogen) atoms. The standard InChI is InChI=1S/C7H9BNO/c1-8-7-2-6(5-10)3-9-4-7/h2-4,10H,5H2,1H3. The molecule has 0 aliphatic rings. The molecule has 1 N–H and O–H groups in total. The molecule has 0 bridgehead atoms. The zero-order chi connectivity index (χ0) is 7.40. The molecule has 0 unspecified atom stereocenters. The highest BCUT2D eigenvalue weighted by Gasteiger charge is 1.92. The summed E-state index contributed by atoms with van der Waals surface area (Å²) in [7, 11) is 1.95. The van der Waals surface area contributed by atoms with Crippen molar-refractivity contribution in [1.82, 2.24) is 4.98 Å². The molecule has 1 aromatic rings. The SMILES string of the molecule is C[B]c1cncc(CO)c1. The van der Waals surface area contributed by atoms with E-state index < -0.39 is 0 Å². The van der Waals surface area contributed by atoms with Gasteiger partial charge in [0.2, 0.25) is 0 Å². The number of pyridine rings is 1. The number of nitrogens with zero attached hydrogens (tertiary/aromatic N) is 1. The van der Waals surface area contributed by atoms with Gasteiger partial charge in [-0.3, -0.25) is 4.98 Å². The van der Waals surface area contributed by atoms with Crippen LogP contribution in [-0.2, 0) is 6.61 Å². The zero-order valence-electron chi connectivity index (χ0n) is 5.91. The fourth-order valence-electron chi connectivity index (χ4n) is 0.752. The van der Waals surface area contributed by atoms with Crippen LogP contribution < -0.4 is 5.46 Å². The van der Waals surface area contributed by atoms with Crippen molar-refractivity contribution in [3.63, 3.8) is 0 Å². The third kappa shape index (κ3) is 1.58. The van der Waals surface area contributed by atoms with Gasteiger partial charge in [0.25, 0.3) is 0 Å². The van der Waals surface area contributed by atoms with Crippen molar-refractivity contribution in [2.75, 3.05) is 0 Å². The average Bonchev–Trinajstić information content (AvgIpc) is 2.05. The quantitative estimate of drug-likeness (QED) is 0.575. The van der Waals surface area contributed by atoms with Crippen LogP contribution in [-0.4, -0.2) is 17.4 Å². The summed E-state index contributed by atoms with van der Waals surface area (Å²) in [4.78, 5) is 3.94. The lowest BCUT2D eigenvalue weighted by Gasteiger charge is -1.96. The van der Waals surface area contributed by atoms with Crippen LogP contribution >= 0.6 is 0 Å². The number of rotatable bonds is 2. The van der Waals surface area contributed by atoms with Crippen LogP contribution in [0.25, 0.3) is 0 Å². The Kier molecular flexibility index (Phi) is 2.45. The maximum Gasteiger partial charge on any atom is 0.150 e. The fourth-order valence-corrected chi connectivity index (χ4v) is 0.752. The molecule has 51 valence electrons. The second-order valence-corrected chi connectivity index (χ2v) is 2.07. The van der Waals surface area contributed by atoms with Gasteiger partial charge in [0.1, 0.15) is 7.28 Å². The second kappa shape index (κ2) is 3.37. The molecule has 0 saturated heterocycles. The molecule has 0 saturated carbocycles. The number of aliphatic hydroxyl groups excluding tert-OH is 1. The number of aromatic nitrogens is 1. The van der Waals surface area contributed by atoms with Gasteiger partial charge in [0.05, 0.1) is 6.61 Å². The Morgan fingerprint density at radius 1 is 1.60 bits per heavy atom. The maximum atomic E-state index is 8.70. The molecule has 2 nitrogen and oxygen atoms in total. The normalized spacial score (nSPS) is 9.40. The summed E-state index contributed by atoms with van der Waals surface area (Å²) in [5.41, 5.74) is 1.90. The van der Waals surface area contributed by atoms with E-state index in [0.717, 1.165) is 11.0 Å². The van der Waals surface area contributed by atoms with Crippen molar-refractivity contribution >= 4 is 12.7 Å². The topological polar surface area (TPSA) is 33.1 Å². The summed E-state index contributed by atoms with van der Waals surface area (Å²) in [6.07, 6.45) is 3.42. The minimum absolute atomic E-state index is 0.0642. The first kappa shape index (κ1) is 7.28. The molecule has 1 aromatic heterocycles. The Morgan fingerprint density at radius 2 is 2.40 bits per heavy atom. The first-order valence-corrected chi connectivity index (χ1v) is 3.21. The van der Waals surface area contributed by atoms with E-state index >= 15 is 0 Å². The minimum Gasteiger partial charge on any atom is -0.392 e. The van der Waals surface area contributed by atoms with Crippen LogP contribution in [0.2, 0.25) is 6.82 Å². The highest BCUT2D eigenvalue weighted by atomic mass is 16.3. The Bertz CT molecular complexity index is 195. The van der Waals surface area contributed by atoms with Crippen LogP contribution in [0.3, 0.4) is 0 Å². The first-order valence-electron chi connectivity index (χ1n) is 3.21. The summed E-state index contributed by atoms with van der Waals surface area (Å²) in [6, 6.07) is 1.91. The lowest BCUT2D eigenvalue weighted by atomic mass is 9.74. The van der Waals surface area contributed by atoms with Crippen LogP contribution in [0, 0.1) is 0 Å². The Hall–Kier alpha value is -0.825. The minimum atomic E-state index is 0.0642. The molecular weight excluding hydrogens is 125 g/mol. The Labute approximate surface area is 61.2 Å². The summed E-state index contributed by atoms with van der Waals surface area (Å²) < 4.78 is 0. The van der Waals surface area contributed by atoms with E-state index in [-0.39, 0.29) is 6.61 Å². The number of hydrogen-bond donors (Lipinski definition) is 1. The van der Waals surface area contributed by atoms with Crippen molar-refractivity contribution in [3.8, 4) is 0 Å². The lowest BCUT2D eigenvalue weighted by Crippen LogP contribution is -2.11. The van der Waals surface area contributed by atoms with E-state index in [0.29, 0.717) is 0 Å². The van der Waals surface area contributed by atoms with Crippen LogP contribution in [0.1, 0.15) is 5.56 Å². The average molecular weight is 134 g/mol. The monoisotopic (exact) mass is 134 g/mol. The van der Waals surface area contributed by atoms with Gasteiger partial charge in [-0.1, -0.05) is 18.4 Å². The van der Waals surface area contributed by atoms with Crippen molar-refractivity contribution in [1.29, 1.82) is 0 Å². The molecule has 0 aliphatic heterocycles. The van der Waals surface area contributed by atoms with E-state index in [1.165, 1.54) is 0 Å². The van der Waals surface area contributed by atoms with E-state index in [4.69, 9.17) is 5.11 Å². The van der Waals surface area contributed by atoms with Gasteiger partial charge in [-0.15, -0.1) is 0 Å². The third-order valence-electron chi connectivity index (χ3n) is 1.33. The van der Waals surface area contributed by atoms with Gasteiger partial charge >= 0.3 is 0 Å². The molecule has 0 aromatic carbocycles. The zero-order valence-corrected chi connectivity index (χ0v) is 5.91. The summed E-state index contributed by atoms with van der Waals surface area (Å²) in [5, 5.41) is 8.70. The van der Waals surface area contributed by atoms with E-state index in [2.05, 4.69) is 4.98 Å². The highest BCUT2D eigenvalue weighted by Crippen LogP contribution is 1.91. The second-order valence-electron chi connectivity index (χ2n) is 2.07. The molecule has 0 aliphatic carbocycles. The molecule has 0 amide bonds. The molecule has 1 heterocycles. The molecule has 3 heteroatoms. The highest BCUT2D eigenvalue weighted by molar-refractivity contribution is 6.51. The fraction of sp³-hybridized carbons (Fsp3) is 0.286. The number of hydrogen-bond acceptors (Lipinski definition) is 2. The van der Waals surface area contributed by atoms with Gasteiger partial charge in [-0.25, -0.2) is 0 Å². The van der Waals surface area contributed by atoms with Crippen molar-refractivity contribution in [2.24, 2.45) is 0 Å². The molecular formula is C7H9BNO. The van der Waals surface area contributed by atoms with E-state index in [1.54, 1.807) is 12.4 Å². The van der Waals surface area contributed by atoms with Crippen molar-refractivity contribution in [3.05, 3.63) is 24.0 Å². The van der Waals surface area contributed by atoms with Gasteiger partial charge < -0.3 is 5.11 Å². The van der Waals surface area contributed by atoms with E-state index in [1.807, 2.05) is 20.2 Å². The van der Waals surface area contributed by atoms with Gasteiger partial charge in [0, 0.05) is 12.4 Å². The predicted molar refractivity (Wildman–Crippen MR) is 41.4 cm³/mol. The summed E-state index contributed by atoms with van der Waals surface area (Å²) in [6.45, 7) is 2.01. The van der Waals surface area contributed by atoms with Crippen LogP contribution in [0.15, 0.2) is 18.5 Å². The van der Waals surface area contributed by atoms with Gasteiger partial charge in [-0.2, -0.15) is 0 Å². The third-order valence-corrected chi connectivity index (χ3v) is 1.33. The Morgan fingerprint density at radius 3 is 3.00 bits per heavy atom. The smallest absolute Gasteiger partial charge is 0.150 e. The van der Waals surface area contributed by atoms with Gasteiger partial charge in [-0.05, 0) is 5.56 Å². The molecule has 1 rings (SSSR count). The maximum absolute atomic E-state index is 8.70. The first-order chi connectivity index (χ1) is 4.86. The van der Waals surface area contributed by atoms with Crippen LogP contribution in [0.4, 0.5) is 0 Å². The number of aliphatic hydroxyl groups is 1. The molecule has 1 radical (unpaired) electrons.